The summed E-state index contributed by atoms with van der Waals surface area (Å²) in [5.41, 5.74) is 0. The third kappa shape index (κ3) is 3.24. The molecule has 1 aliphatic carbocycles. The summed E-state index contributed by atoms with van der Waals surface area (Å²) in [4.78, 5) is 22.4. The van der Waals surface area contributed by atoms with Crippen LogP contribution in [0.25, 0.3) is 0 Å². The van der Waals surface area contributed by atoms with Crippen molar-refractivity contribution >= 4 is 23.5 Å². The number of hydrogen-bond acceptors (Lipinski definition) is 4. The Labute approximate surface area is 107 Å². The minimum atomic E-state index is -0.113. The Kier molecular flexibility index (Phi) is 4.48. The molecule has 0 bridgehead atoms. The number of carbonyl (C=O) groups excluding carboxylic acids is 2. The number of hydrogen-bond donors (Lipinski definition) is 0. The second kappa shape index (κ2) is 5.89. The first-order valence-electron chi connectivity index (χ1n) is 6.41. The van der Waals surface area contributed by atoms with E-state index in [1.807, 2.05) is 11.8 Å². The molecule has 3 atom stereocenters. The lowest BCUT2D eigenvalue weighted by atomic mass is 9.92. The Hall–Kier alpha value is -0.510. The van der Waals surface area contributed by atoms with Gasteiger partial charge in [-0.25, -0.2) is 0 Å². The molecule has 4 heteroatoms. The minimum Gasteiger partial charge on any atom is -0.469 e. The van der Waals surface area contributed by atoms with Gasteiger partial charge in [-0.15, -0.1) is 0 Å². The average Bonchev–Trinajstić information content (AvgIpc) is 2.84. The van der Waals surface area contributed by atoms with Crippen LogP contribution in [0.2, 0.25) is 0 Å². The predicted octanol–water partition coefficient (Wildman–Crippen LogP) is 2.43. The van der Waals surface area contributed by atoms with Crippen molar-refractivity contribution in [1.29, 1.82) is 0 Å². The van der Waals surface area contributed by atoms with Gasteiger partial charge in [0.1, 0.15) is 5.78 Å². The van der Waals surface area contributed by atoms with Crippen LogP contribution in [0.4, 0.5) is 0 Å². The maximum Gasteiger partial charge on any atom is 0.305 e. The van der Waals surface area contributed by atoms with Gasteiger partial charge in [0.15, 0.2) is 0 Å². The molecule has 96 valence electrons. The second-order valence-corrected chi connectivity index (χ2v) is 6.34. The fourth-order valence-corrected chi connectivity index (χ4v) is 4.72. The Bertz CT molecular complexity index is 303. The van der Waals surface area contributed by atoms with Crippen molar-refractivity contribution in [1.82, 2.24) is 0 Å². The van der Waals surface area contributed by atoms with Crippen LogP contribution in [0.1, 0.15) is 38.5 Å². The molecule has 2 fully saturated rings. The molecule has 1 saturated carbocycles. The summed E-state index contributed by atoms with van der Waals surface area (Å²) in [6.07, 6.45) is 5.28. The molecule has 2 aliphatic rings. The molecule has 1 saturated heterocycles. The Morgan fingerprint density at radius 2 is 2.24 bits per heavy atom. The molecule has 0 N–H and O–H groups in total. The summed E-state index contributed by atoms with van der Waals surface area (Å²) in [5.74, 6) is 2.79. The molecular formula is C13H20O3S. The third-order valence-corrected chi connectivity index (χ3v) is 5.54. The average molecular weight is 256 g/mol. The largest absolute Gasteiger partial charge is 0.469 e. The minimum absolute atomic E-state index is 0.113. The highest BCUT2D eigenvalue weighted by Crippen LogP contribution is 2.47. The van der Waals surface area contributed by atoms with Gasteiger partial charge in [-0.3, -0.25) is 9.59 Å². The van der Waals surface area contributed by atoms with Crippen LogP contribution < -0.4 is 0 Å². The molecule has 1 aliphatic heterocycles. The lowest BCUT2D eigenvalue weighted by Gasteiger charge is -2.16. The van der Waals surface area contributed by atoms with E-state index in [4.69, 9.17) is 0 Å². The topological polar surface area (TPSA) is 43.4 Å². The zero-order valence-electron chi connectivity index (χ0n) is 10.3. The molecule has 0 aromatic carbocycles. The van der Waals surface area contributed by atoms with Gasteiger partial charge in [-0.2, -0.15) is 11.8 Å². The first kappa shape index (κ1) is 12.9. The summed E-state index contributed by atoms with van der Waals surface area (Å²) >= 11 is 2.03. The smallest absolute Gasteiger partial charge is 0.305 e. The maximum atomic E-state index is 11.4. The van der Waals surface area contributed by atoms with Crippen molar-refractivity contribution in [3.63, 3.8) is 0 Å². The third-order valence-electron chi connectivity index (χ3n) is 3.91. The number of rotatable bonds is 5. The van der Waals surface area contributed by atoms with Gasteiger partial charge in [-0.05, 0) is 30.4 Å². The van der Waals surface area contributed by atoms with Crippen molar-refractivity contribution in [2.75, 3.05) is 12.9 Å². The van der Waals surface area contributed by atoms with Crippen LogP contribution >= 0.6 is 11.8 Å². The summed E-state index contributed by atoms with van der Waals surface area (Å²) < 4.78 is 4.62. The zero-order valence-corrected chi connectivity index (χ0v) is 11.1. The highest BCUT2D eigenvalue weighted by Gasteiger charge is 2.42. The van der Waals surface area contributed by atoms with Crippen molar-refractivity contribution in [3.05, 3.63) is 0 Å². The fourth-order valence-electron chi connectivity index (χ4n) is 2.96. The number of ketones is 1. The number of unbranched alkanes of at least 4 members (excludes halogenated alkanes) is 1. The number of carbonyl (C=O) groups is 2. The monoisotopic (exact) mass is 256 g/mol. The quantitative estimate of drug-likeness (QED) is 0.560. The SMILES string of the molecule is COC(=O)CCCC[C@H]1SC[C@@H]2CC(=O)C[C@@H]21. The van der Waals surface area contributed by atoms with Crippen molar-refractivity contribution in [3.8, 4) is 0 Å². The van der Waals surface area contributed by atoms with E-state index in [-0.39, 0.29) is 5.97 Å². The number of ether oxygens (including phenoxy) is 1. The molecule has 0 radical (unpaired) electrons. The van der Waals surface area contributed by atoms with Gasteiger partial charge in [0.2, 0.25) is 0 Å². The van der Waals surface area contributed by atoms with E-state index < -0.39 is 0 Å². The van der Waals surface area contributed by atoms with E-state index in [1.54, 1.807) is 0 Å². The van der Waals surface area contributed by atoms with Crippen LogP contribution in [-0.4, -0.2) is 29.9 Å². The van der Waals surface area contributed by atoms with Gasteiger partial charge in [0.05, 0.1) is 7.11 Å². The molecule has 1 heterocycles. The molecule has 0 unspecified atom stereocenters. The normalized spacial score (nSPS) is 31.6. The standard InChI is InChI=1S/C13H20O3S/c1-16-13(15)5-3-2-4-12-11-7-10(14)6-9(11)8-17-12/h9,11-12H,2-8H2,1H3/t9-,11-,12+/m0/s1. The Balaban J connectivity index is 1.66. The summed E-state index contributed by atoms with van der Waals surface area (Å²) in [5, 5.41) is 0.657. The van der Waals surface area contributed by atoms with Gasteiger partial charge in [0, 0.05) is 24.5 Å². The van der Waals surface area contributed by atoms with Crippen LogP contribution in [0.15, 0.2) is 0 Å². The summed E-state index contributed by atoms with van der Waals surface area (Å²) in [6.45, 7) is 0. The Morgan fingerprint density at radius 1 is 1.41 bits per heavy atom. The van der Waals surface area contributed by atoms with Crippen molar-refractivity contribution in [2.45, 2.75) is 43.8 Å². The maximum absolute atomic E-state index is 11.4. The van der Waals surface area contributed by atoms with Crippen LogP contribution in [-0.2, 0) is 14.3 Å². The van der Waals surface area contributed by atoms with Crippen molar-refractivity contribution in [2.24, 2.45) is 11.8 Å². The molecule has 0 amide bonds. The molecular weight excluding hydrogens is 236 g/mol. The predicted molar refractivity (Wildman–Crippen MR) is 68.0 cm³/mol. The molecule has 2 rings (SSSR count). The molecule has 0 spiro atoms. The lowest BCUT2D eigenvalue weighted by Crippen LogP contribution is -2.14. The van der Waals surface area contributed by atoms with Crippen LogP contribution in [0, 0.1) is 11.8 Å². The van der Waals surface area contributed by atoms with E-state index in [1.165, 1.54) is 7.11 Å². The highest BCUT2D eigenvalue weighted by molar-refractivity contribution is 8.00. The number of methoxy groups -OCH3 is 1. The van der Waals surface area contributed by atoms with Crippen molar-refractivity contribution < 1.29 is 14.3 Å². The summed E-state index contributed by atoms with van der Waals surface area (Å²) in [7, 11) is 1.43. The molecule has 0 aromatic rings. The van der Waals surface area contributed by atoms with E-state index in [0.717, 1.165) is 37.9 Å². The Morgan fingerprint density at radius 3 is 3.00 bits per heavy atom. The van der Waals surface area contributed by atoms with E-state index in [2.05, 4.69) is 4.74 Å². The van der Waals surface area contributed by atoms with Crippen LogP contribution in [0.3, 0.4) is 0 Å². The highest BCUT2D eigenvalue weighted by atomic mass is 32.2. The molecule has 3 nitrogen and oxygen atoms in total. The number of thioether (sulfide) groups is 1. The first-order valence-corrected chi connectivity index (χ1v) is 7.45. The van der Waals surface area contributed by atoms with E-state index in [9.17, 15) is 9.59 Å². The van der Waals surface area contributed by atoms with Gasteiger partial charge >= 0.3 is 5.97 Å². The molecule has 0 aromatic heterocycles. The summed E-state index contributed by atoms with van der Waals surface area (Å²) in [6, 6.07) is 0. The second-order valence-electron chi connectivity index (χ2n) is 5.06. The van der Waals surface area contributed by atoms with Crippen LogP contribution in [0.5, 0.6) is 0 Å². The zero-order chi connectivity index (χ0) is 12.3. The van der Waals surface area contributed by atoms with Gasteiger partial charge in [-0.1, -0.05) is 6.42 Å². The number of esters is 1. The van der Waals surface area contributed by atoms with E-state index >= 15 is 0 Å². The van der Waals surface area contributed by atoms with Gasteiger partial charge in [0.25, 0.3) is 0 Å². The lowest BCUT2D eigenvalue weighted by molar-refractivity contribution is -0.140. The number of fused-ring (bicyclic) bond motifs is 1. The van der Waals surface area contributed by atoms with E-state index in [0.29, 0.717) is 29.3 Å². The number of Topliss-reactive ketones (excluding diaryl/α,β-unsaturated/α-hetero) is 1. The first-order chi connectivity index (χ1) is 8.20. The molecule has 17 heavy (non-hydrogen) atoms. The fraction of sp³-hybridized carbons (Fsp3) is 0.846. The van der Waals surface area contributed by atoms with Gasteiger partial charge < -0.3 is 4.74 Å².